The number of aromatic nitrogens is 5. The van der Waals surface area contributed by atoms with E-state index in [2.05, 4.69) is 25.8 Å². The summed E-state index contributed by atoms with van der Waals surface area (Å²) in [5, 5.41) is 17.3. The molecular weight excluding hydrogens is 282 g/mol. The molecule has 2 aromatic heterocycles. The van der Waals surface area contributed by atoms with E-state index in [1.165, 1.54) is 0 Å². The first kappa shape index (κ1) is 13.2. The van der Waals surface area contributed by atoms with Crippen molar-refractivity contribution in [2.24, 2.45) is 0 Å². The third-order valence-electron chi connectivity index (χ3n) is 2.61. The van der Waals surface area contributed by atoms with Crippen LogP contribution in [0.1, 0.15) is 18.0 Å². The summed E-state index contributed by atoms with van der Waals surface area (Å²) in [5.41, 5.74) is 1.48. The minimum absolute atomic E-state index is 0.0837. The fourth-order valence-electron chi connectivity index (χ4n) is 1.65. The van der Waals surface area contributed by atoms with Gasteiger partial charge in [-0.25, -0.2) is 4.68 Å². The molecule has 0 bridgehead atoms. The van der Waals surface area contributed by atoms with Crippen molar-refractivity contribution in [1.82, 2.24) is 25.2 Å². The van der Waals surface area contributed by atoms with Gasteiger partial charge in [-0.2, -0.15) is 8.78 Å². The maximum atomic E-state index is 12.3. The van der Waals surface area contributed by atoms with Crippen LogP contribution in [0.5, 0.6) is 0 Å². The smallest absolute Gasteiger partial charge is 0.315 e. The molecule has 3 rings (SSSR count). The molecule has 1 aromatic carbocycles. The number of halogens is 2. The number of hydrogen-bond acceptors (Lipinski definition) is 6. The Kier molecular flexibility index (Phi) is 3.54. The van der Waals surface area contributed by atoms with Gasteiger partial charge >= 0.3 is 12.4 Å². The lowest BCUT2D eigenvalue weighted by molar-refractivity contribution is 0.116. The Morgan fingerprint density at radius 1 is 1.14 bits per heavy atom. The van der Waals surface area contributed by atoms with Crippen LogP contribution in [-0.2, 0) is 6.54 Å². The predicted octanol–water partition coefficient (Wildman–Crippen LogP) is 2.20. The topological polar surface area (TPSA) is 81.7 Å². The van der Waals surface area contributed by atoms with Gasteiger partial charge in [0.25, 0.3) is 5.89 Å². The molecule has 1 N–H and O–H groups in total. The fraction of sp³-hybridized carbons (Fsp3) is 0.167. The van der Waals surface area contributed by atoms with Crippen molar-refractivity contribution in [1.29, 1.82) is 0 Å². The molecule has 2 heterocycles. The molecule has 0 saturated carbocycles. The predicted molar refractivity (Wildman–Crippen MR) is 67.9 cm³/mol. The maximum Gasteiger partial charge on any atom is 0.315 e. The summed E-state index contributed by atoms with van der Waals surface area (Å²) in [4.78, 5) is 0. The van der Waals surface area contributed by atoms with Gasteiger partial charge in [-0.05, 0) is 12.1 Å². The molecule has 0 amide bonds. The normalized spacial score (nSPS) is 11.0. The van der Waals surface area contributed by atoms with Crippen molar-refractivity contribution in [3.8, 4) is 5.69 Å². The highest BCUT2D eigenvalue weighted by Gasteiger charge is 2.15. The second kappa shape index (κ2) is 5.65. The lowest BCUT2D eigenvalue weighted by Gasteiger charge is -1.98. The van der Waals surface area contributed by atoms with Crippen LogP contribution in [0, 0.1) is 0 Å². The lowest BCUT2D eigenvalue weighted by atomic mass is 10.3. The van der Waals surface area contributed by atoms with Crippen molar-refractivity contribution < 1.29 is 13.2 Å². The van der Waals surface area contributed by atoms with E-state index >= 15 is 0 Å². The molecule has 108 valence electrons. The summed E-state index contributed by atoms with van der Waals surface area (Å²) in [5.74, 6) is -0.717. The van der Waals surface area contributed by atoms with Crippen LogP contribution in [0.15, 0.2) is 40.9 Å². The first-order valence-electron chi connectivity index (χ1n) is 6.04. The zero-order valence-electron chi connectivity index (χ0n) is 10.6. The quantitative estimate of drug-likeness (QED) is 0.776. The zero-order chi connectivity index (χ0) is 14.7. The van der Waals surface area contributed by atoms with E-state index in [0.717, 1.165) is 5.69 Å². The van der Waals surface area contributed by atoms with Gasteiger partial charge in [0.05, 0.1) is 18.4 Å². The molecule has 9 heteroatoms. The number of benzene rings is 1. The molecule has 0 atom stereocenters. The summed E-state index contributed by atoms with van der Waals surface area (Å²) in [6.07, 6.45) is -1.07. The highest BCUT2D eigenvalue weighted by Crippen LogP contribution is 2.18. The minimum Gasteiger partial charge on any atom is -0.402 e. The Morgan fingerprint density at radius 2 is 1.95 bits per heavy atom. The molecule has 0 aliphatic rings. The monoisotopic (exact) mass is 292 g/mol. The number of alkyl halides is 2. The summed E-state index contributed by atoms with van der Waals surface area (Å²) in [7, 11) is 0. The van der Waals surface area contributed by atoms with Gasteiger partial charge in [-0.15, -0.1) is 10.2 Å². The van der Waals surface area contributed by atoms with Crippen LogP contribution in [-0.4, -0.2) is 25.2 Å². The van der Waals surface area contributed by atoms with Crippen LogP contribution in [0.4, 0.5) is 14.8 Å². The SMILES string of the molecule is FC(F)c1nnc(NCc2cn(-c3ccccc3)nn2)o1. The standard InChI is InChI=1S/C12H10F2N6O/c13-10(14)11-17-18-12(21-11)15-6-8-7-20(19-16-8)9-4-2-1-3-5-9/h1-5,7,10H,6H2,(H,15,18). The van der Waals surface area contributed by atoms with Crippen LogP contribution in [0.2, 0.25) is 0 Å². The van der Waals surface area contributed by atoms with E-state index in [4.69, 9.17) is 4.42 Å². The van der Waals surface area contributed by atoms with Crippen LogP contribution in [0.25, 0.3) is 5.69 Å². The average molecular weight is 292 g/mol. The van der Waals surface area contributed by atoms with Gasteiger partial charge in [0.2, 0.25) is 0 Å². The average Bonchev–Trinajstić information content (AvgIpc) is 3.15. The van der Waals surface area contributed by atoms with E-state index in [9.17, 15) is 8.78 Å². The number of nitrogens with one attached hydrogen (secondary N) is 1. The molecule has 21 heavy (non-hydrogen) atoms. The number of hydrogen-bond donors (Lipinski definition) is 1. The van der Waals surface area contributed by atoms with Crippen LogP contribution in [0.3, 0.4) is 0 Å². The molecule has 0 unspecified atom stereocenters. The number of para-hydroxylation sites is 1. The Morgan fingerprint density at radius 3 is 2.67 bits per heavy atom. The highest BCUT2D eigenvalue weighted by molar-refractivity contribution is 5.30. The molecule has 0 aliphatic heterocycles. The van der Waals surface area contributed by atoms with Crippen molar-refractivity contribution in [2.45, 2.75) is 13.0 Å². The fourth-order valence-corrected chi connectivity index (χ4v) is 1.65. The van der Waals surface area contributed by atoms with Crippen molar-refractivity contribution >= 4 is 6.01 Å². The van der Waals surface area contributed by atoms with Gasteiger partial charge in [0, 0.05) is 0 Å². The maximum absolute atomic E-state index is 12.3. The summed E-state index contributed by atoms with van der Waals surface area (Å²) in [6, 6.07) is 9.37. The summed E-state index contributed by atoms with van der Waals surface area (Å²) < 4.78 is 30.9. The molecule has 3 aromatic rings. The van der Waals surface area contributed by atoms with Crippen molar-refractivity contribution in [3.63, 3.8) is 0 Å². The summed E-state index contributed by atoms with van der Waals surface area (Å²) in [6.45, 7) is 0.234. The van der Waals surface area contributed by atoms with E-state index in [1.807, 2.05) is 30.3 Å². The molecule has 0 radical (unpaired) electrons. The van der Waals surface area contributed by atoms with E-state index in [-0.39, 0.29) is 12.6 Å². The minimum atomic E-state index is -2.79. The van der Waals surface area contributed by atoms with Crippen LogP contribution >= 0.6 is 0 Å². The number of nitrogens with zero attached hydrogens (tertiary/aromatic N) is 5. The highest BCUT2D eigenvalue weighted by atomic mass is 19.3. The van der Waals surface area contributed by atoms with Gasteiger partial charge in [0.1, 0.15) is 5.69 Å². The molecule has 0 saturated heterocycles. The lowest BCUT2D eigenvalue weighted by Crippen LogP contribution is -1.99. The van der Waals surface area contributed by atoms with E-state index < -0.39 is 12.3 Å². The van der Waals surface area contributed by atoms with Gasteiger partial charge < -0.3 is 9.73 Å². The second-order valence-corrected chi connectivity index (χ2v) is 4.09. The zero-order valence-corrected chi connectivity index (χ0v) is 10.6. The van der Waals surface area contributed by atoms with E-state index in [0.29, 0.717) is 5.69 Å². The molecule has 7 nitrogen and oxygen atoms in total. The summed E-state index contributed by atoms with van der Waals surface area (Å²) >= 11 is 0. The number of anilines is 1. The third-order valence-corrected chi connectivity index (χ3v) is 2.61. The largest absolute Gasteiger partial charge is 0.402 e. The van der Waals surface area contributed by atoms with Gasteiger partial charge in [-0.3, -0.25) is 0 Å². The van der Waals surface area contributed by atoms with Crippen molar-refractivity contribution in [2.75, 3.05) is 5.32 Å². The second-order valence-electron chi connectivity index (χ2n) is 4.09. The Bertz CT molecular complexity index is 711. The molecule has 0 spiro atoms. The van der Waals surface area contributed by atoms with E-state index in [1.54, 1.807) is 10.9 Å². The molecular formula is C12H10F2N6O. The molecule has 0 fully saturated rings. The van der Waals surface area contributed by atoms with Gasteiger partial charge in [0.15, 0.2) is 0 Å². The Balaban J connectivity index is 1.65. The van der Waals surface area contributed by atoms with Crippen molar-refractivity contribution in [3.05, 3.63) is 48.1 Å². The third kappa shape index (κ3) is 3.02. The Hall–Kier alpha value is -2.84. The van der Waals surface area contributed by atoms with Crippen LogP contribution < -0.4 is 5.32 Å². The first-order valence-corrected chi connectivity index (χ1v) is 6.04. The Labute approximate surface area is 117 Å². The number of rotatable bonds is 5. The molecule has 0 aliphatic carbocycles. The van der Waals surface area contributed by atoms with Gasteiger partial charge in [-0.1, -0.05) is 28.5 Å². The first-order chi connectivity index (χ1) is 10.2.